The fourth-order valence-electron chi connectivity index (χ4n) is 3.42. The monoisotopic (exact) mass is 481 g/mol. The highest BCUT2D eigenvalue weighted by molar-refractivity contribution is 7.80. The fraction of sp³-hybridized carbons (Fsp3) is 0.280. The zero-order valence-electron chi connectivity index (χ0n) is 19.5. The predicted octanol–water partition coefficient (Wildman–Crippen LogP) is 3.66. The number of nitrogens with one attached hydrogen (secondary N) is 2. The van der Waals surface area contributed by atoms with Crippen molar-refractivity contribution in [3.8, 4) is 11.5 Å². The van der Waals surface area contributed by atoms with Crippen molar-refractivity contribution in [1.82, 2.24) is 10.2 Å². The molecule has 0 saturated carbocycles. The molecular weight excluding hydrogens is 454 g/mol. The molecular formula is C25H27N3O5S. The van der Waals surface area contributed by atoms with E-state index in [9.17, 15) is 14.4 Å². The lowest BCUT2D eigenvalue weighted by Crippen LogP contribution is -2.56. The van der Waals surface area contributed by atoms with Crippen LogP contribution < -0.4 is 20.1 Å². The minimum atomic E-state index is -0.526. The summed E-state index contributed by atoms with van der Waals surface area (Å²) in [4.78, 5) is 38.1. The normalized spacial score (nSPS) is 15.7. The van der Waals surface area contributed by atoms with Gasteiger partial charge in [0.05, 0.1) is 7.11 Å². The third-order valence-corrected chi connectivity index (χ3v) is 5.65. The van der Waals surface area contributed by atoms with Gasteiger partial charge in [-0.05, 0) is 73.6 Å². The summed E-state index contributed by atoms with van der Waals surface area (Å²) in [7, 11) is 1.56. The first-order chi connectivity index (χ1) is 16.2. The van der Waals surface area contributed by atoms with Gasteiger partial charge in [0.1, 0.15) is 23.7 Å². The van der Waals surface area contributed by atoms with Crippen molar-refractivity contribution >= 4 is 46.8 Å². The van der Waals surface area contributed by atoms with Gasteiger partial charge in [-0.1, -0.05) is 13.0 Å². The number of hydrogen-bond donors (Lipinski definition) is 2. The molecule has 1 saturated heterocycles. The molecule has 2 N–H and O–H groups in total. The molecule has 0 aromatic heterocycles. The van der Waals surface area contributed by atoms with E-state index < -0.39 is 11.8 Å². The second-order valence-electron chi connectivity index (χ2n) is 7.82. The first-order valence-electron chi connectivity index (χ1n) is 10.8. The molecule has 3 rings (SSSR count). The molecule has 2 aromatic rings. The van der Waals surface area contributed by atoms with Gasteiger partial charge in [-0.3, -0.25) is 24.6 Å². The van der Waals surface area contributed by atoms with Crippen LogP contribution in [0.2, 0.25) is 0 Å². The van der Waals surface area contributed by atoms with Crippen LogP contribution in [0, 0.1) is 0 Å². The van der Waals surface area contributed by atoms with Crippen molar-refractivity contribution in [2.75, 3.05) is 12.4 Å². The number of methoxy groups -OCH3 is 1. The van der Waals surface area contributed by atoms with Crippen molar-refractivity contribution < 1.29 is 23.9 Å². The number of amides is 3. The summed E-state index contributed by atoms with van der Waals surface area (Å²) >= 11 is 5.20. The maximum Gasteiger partial charge on any atom is 0.265 e. The van der Waals surface area contributed by atoms with Crippen LogP contribution in [0.25, 0.3) is 6.08 Å². The minimum absolute atomic E-state index is 0.0134. The van der Waals surface area contributed by atoms with Gasteiger partial charge in [0.15, 0.2) is 5.11 Å². The zero-order chi connectivity index (χ0) is 24.8. The predicted molar refractivity (Wildman–Crippen MR) is 133 cm³/mol. The lowest BCUT2D eigenvalue weighted by molar-refractivity contribution is -0.130. The molecule has 0 radical (unpaired) electrons. The summed E-state index contributed by atoms with van der Waals surface area (Å²) < 4.78 is 11.3. The number of carbonyl (C=O) groups excluding carboxylic acids is 3. The molecule has 1 unspecified atom stereocenters. The Labute approximate surface area is 203 Å². The van der Waals surface area contributed by atoms with Crippen molar-refractivity contribution in [3.05, 3.63) is 59.2 Å². The SMILES string of the molecule is CCC(C)N1C(=O)/C(=C/c2ccc(OC)c(COc3ccc(NC(C)=O)cc3)c2)C(=O)NC1=S. The van der Waals surface area contributed by atoms with Gasteiger partial charge >= 0.3 is 0 Å². The summed E-state index contributed by atoms with van der Waals surface area (Å²) in [5, 5.41) is 5.42. The summed E-state index contributed by atoms with van der Waals surface area (Å²) in [6.45, 7) is 5.47. The summed E-state index contributed by atoms with van der Waals surface area (Å²) in [6.07, 6.45) is 2.24. The van der Waals surface area contributed by atoms with E-state index in [1.165, 1.54) is 11.8 Å². The first-order valence-corrected chi connectivity index (χ1v) is 11.2. The Morgan fingerprint density at radius 2 is 1.91 bits per heavy atom. The van der Waals surface area contributed by atoms with E-state index >= 15 is 0 Å². The third-order valence-electron chi connectivity index (χ3n) is 5.35. The van der Waals surface area contributed by atoms with Gasteiger partial charge in [0.25, 0.3) is 11.8 Å². The van der Waals surface area contributed by atoms with E-state index in [-0.39, 0.29) is 29.2 Å². The molecule has 1 atom stereocenters. The second kappa shape index (κ2) is 10.9. The van der Waals surface area contributed by atoms with E-state index in [1.807, 2.05) is 13.8 Å². The largest absolute Gasteiger partial charge is 0.496 e. The Hall–Kier alpha value is -3.72. The maximum atomic E-state index is 13.0. The molecule has 0 aliphatic carbocycles. The van der Waals surface area contributed by atoms with Crippen LogP contribution in [0.15, 0.2) is 48.0 Å². The highest BCUT2D eigenvalue weighted by atomic mass is 32.1. The number of rotatable bonds is 8. The highest BCUT2D eigenvalue weighted by Gasteiger charge is 2.35. The Balaban J connectivity index is 1.82. The summed E-state index contributed by atoms with van der Waals surface area (Å²) in [5.41, 5.74) is 2.07. The maximum absolute atomic E-state index is 13.0. The topological polar surface area (TPSA) is 97.0 Å². The smallest absolute Gasteiger partial charge is 0.265 e. The van der Waals surface area contributed by atoms with Crippen molar-refractivity contribution in [2.45, 2.75) is 39.8 Å². The molecule has 2 aromatic carbocycles. The van der Waals surface area contributed by atoms with E-state index in [4.69, 9.17) is 21.7 Å². The van der Waals surface area contributed by atoms with Crippen molar-refractivity contribution in [2.24, 2.45) is 0 Å². The minimum Gasteiger partial charge on any atom is -0.496 e. The number of nitrogens with zero attached hydrogens (tertiary/aromatic N) is 1. The molecule has 178 valence electrons. The van der Waals surface area contributed by atoms with Gasteiger partial charge in [0, 0.05) is 24.2 Å². The summed E-state index contributed by atoms with van der Waals surface area (Å²) in [6, 6.07) is 12.2. The van der Waals surface area contributed by atoms with Crippen molar-refractivity contribution in [1.29, 1.82) is 0 Å². The Morgan fingerprint density at radius 1 is 1.21 bits per heavy atom. The van der Waals surface area contributed by atoms with E-state index in [0.717, 1.165) is 5.56 Å². The molecule has 9 heteroatoms. The van der Waals surface area contributed by atoms with Gasteiger partial charge < -0.3 is 14.8 Å². The van der Waals surface area contributed by atoms with Crippen LogP contribution in [0.5, 0.6) is 11.5 Å². The number of ether oxygens (including phenoxy) is 2. The van der Waals surface area contributed by atoms with E-state index in [1.54, 1.807) is 55.7 Å². The fourth-order valence-corrected chi connectivity index (χ4v) is 3.78. The molecule has 0 bridgehead atoms. The molecule has 1 heterocycles. The van der Waals surface area contributed by atoms with Crippen LogP contribution in [-0.2, 0) is 21.0 Å². The summed E-state index contributed by atoms with van der Waals surface area (Å²) in [5.74, 6) is 0.125. The Bertz CT molecular complexity index is 1140. The van der Waals surface area contributed by atoms with Gasteiger partial charge in [-0.15, -0.1) is 0 Å². The Kier molecular flexibility index (Phi) is 8.01. The molecule has 0 spiro atoms. The highest BCUT2D eigenvalue weighted by Crippen LogP contribution is 2.25. The zero-order valence-corrected chi connectivity index (χ0v) is 20.3. The number of thiocarbonyl (C=S) groups is 1. The molecule has 8 nitrogen and oxygen atoms in total. The quantitative estimate of drug-likeness (QED) is 0.339. The molecule has 3 amide bonds. The number of carbonyl (C=O) groups is 3. The molecule has 1 aliphatic rings. The first kappa shape index (κ1) is 24.9. The lowest BCUT2D eigenvalue weighted by Gasteiger charge is -2.33. The molecule has 34 heavy (non-hydrogen) atoms. The molecule has 1 fully saturated rings. The Morgan fingerprint density at radius 3 is 2.53 bits per heavy atom. The average Bonchev–Trinajstić information content (AvgIpc) is 2.80. The standard InChI is InChI=1S/C25H27N3O5S/c1-5-15(2)28-24(31)21(23(30)27-25(28)34)13-17-6-11-22(32-4)18(12-17)14-33-20-9-7-19(8-10-20)26-16(3)29/h6-13,15H,5,14H2,1-4H3,(H,26,29)(H,27,30,34)/b21-13+. The second-order valence-corrected chi connectivity index (χ2v) is 8.20. The van der Waals surface area contributed by atoms with Crippen LogP contribution in [0.4, 0.5) is 5.69 Å². The molecule has 1 aliphatic heterocycles. The van der Waals surface area contributed by atoms with Gasteiger partial charge in [-0.2, -0.15) is 0 Å². The average molecular weight is 482 g/mol. The van der Waals surface area contributed by atoms with Gasteiger partial charge in [-0.25, -0.2) is 0 Å². The number of hydrogen-bond acceptors (Lipinski definition) is 6. The van der Waals surface area contributed by atoms with E-state index in [2.05, 4.69) is 10.6 Å². The van der Waals surface area contributed by atoms with Gasteiger partial charge in [0.2, 0.25) is 5.91 Å². The number of anilines is 1. The van der Waals surface area contributed by atoms with Crippen molar-refractivity contribution in [3.63, 3.8) is 0 Å². The van der Waals surface area contributed by atoms with Crippen LogP contribution >= 0.6 is 12.2 Å². The van der Waals surface area contributed by atoms with Crippen LogP contribution in [0.3, 0.4) is 0 Å². The lowest BCUT2D eigenvalue weighted by atomic mass is 10.0. The van der Waals surface area contributed by atoms with E-state index in [0.29, 0.717) is 29.2 Å². The van der Waals surface area contributed by atoms with Crippen LogP contribution in [0.1, 0.15) is 38.3 Å². The van der Waals surface area contributed by atoms with Crippen LogP contribution in [-0.4, -0.2) is 40.9 Å². The third kappa shape index (κ3) is 5.79. The number of benzene rings is 2.